The highest BCUT2D eigenvalue weighted by molar-refractivity contribution is 5.90. The van der Waals surface area contributed by atoms with Gasteiger partial charge in [-0.05, 0) is 18.2 Å². The standard InChI is InChI=1S/C13H9N3O4/c17-13(11-3-5-12(6-4-11)16(18)19)20-15-9-10-2-1-7-14-8-10/h1-9H/b15-9+. The van der Waals surface area contributed by atoms with Gasteiger partial charge in [-0.2, -0.15) is 0 Å². The molecule has 0 aliphatic carbocycles. The van der Waals surface area contributed by atoms with Crippen LogP contribution < -0.4 is 0 Å². The Balaban J connectivity index is 1.98. The van der Waals surface area contributed by atoms with Crippen molar-refractivity contribution in [3.05, 3.63) is 70.0 Å². The van der Waals surface area contributed by atoms with Gasteiger partial charge in [0.05, 0.1) is 16.7 Å². The van der Waals surface area contributed by atoms with Crippen molar-refractivity contribution in [2.75, 3.05) is 0 Å². The van der Waals surface area contributed by atoms with E-state index in [4.69, 9.17) is 0 Å². The van der Waals surface area contributed by atoms with Crippen LogP contribution in [-0.2, 0) is 4.84 Å². The molecule has 0 radical (unpaired) electrons. The normalized spacial score (nSPS) is 10.4. The summed E-state index contributed by atoms with van der Waals surface area (Å²) >= 11 is 0. The maximum Gasteiger partial charge on any atom is 0.365 e. The van der Waals surface area contributed by atoms with Crippen LogP contribution in [0.2, 0.25) is 0 Å². The van der Waals surface area contributed by atoms with Crippen LogP contribution in [-0.4, -0.2) is 22.1 Å². The van der Waals surface area contributed by atoms with Gasteiger partial charge in [0.1, 0.15) is 0 Å². The molecule has 0 aliphatic rings. The largest absolute Gasteiger partial charge is 0.365 e. The first-order valence-electron chi connectivity index (χ1n) is 5.56. The number of oxime groups is 1. The summed E-state index contributed by atoms with van der Waals surface area (Å²) in [6.45, 7) is 0. The fourth-order valence-electron chi connectivity index (χ4n) is 1.36. The van der Waals surface area contributed by atoms with E-state index in [9.17, 15) is 14.9 Å². The van der Waals surface area contributed by atoms with E-state index in [0.717, 1.165) is 0 Å². The smallest absolute Gasteiger partial charge is 0.313 e. The Bertz CT molecular complexity index is 638. The maximum atomic E-state index is 11.6. The summed E-state index contributed by atoms with van der Waals surface area (Å²) in [4.78, 5) is 30.1. The van der Waals surface area contributed by atoms with Gasteiger partial charge in [-0.15, -0.1) is 0 Å². The van der Waals surface area contributed by atoms with Gasteiger partial charge >= 0.3 is 5.97 Å². The van der Waals surface area contributed by atoms with Gasteiger partial charge in [0.15, 0.2) is 0 Å². The highest BCUT2D eigenvalue weighted by atomic mass is 16.7. The summed E-state index contributed by atoms with van der Waals surface area (Å²) in [5.74, 6) is -0.694. The second-order valence-corrected chi connectivity index (χ2v) is 3.70. The predicted octanol–water partition coefficient (Wildman–Crippen LogP) is 2.18. The minimum atomic E-state index is -0.694. The van der Waals surface area contributed by atoms with Crippen molar-refractivity contribution in [1.29, 1.82) is 0 Å². The second-order valence-electron chi connectivity index (χ2n) is 3.70. The highest BCUT2D eigenvalue weighted by Gasteiger charge is 2.10. The van der Waals surface area contributed by atoms with Crippen molar-refractivity contribution >= 4 is 17.9 Å². The quantitative estimate of drug-likeness (QED) is 0.367. The van der Waals surface area contributed by atoms with Crippen LogP contribution in [0, 0.1) is 10.1 Å². The molecule has 1 heterocycles. The summed E-state index contributed by atoms with van der Waals surface area (Å²) in [6, 6.07) is 8.53. The van der Waals surface area contributed by atoms with Crippen LogP contribution in [0.15, 0.2) is 53.9 Å². The monoisotopic (exact) mass is 271 g/mol. The highest BCUT2D eigenvalue weighted by Crippen LogP contribution is 2.12. The molecule has 2 rings (SSSR count). The van der Waals surface area contributed by atoms with Gasteiger partial charge in [-0.25, -0.2) is 4.79 Å². The Morgan fingerprint density at radius 2 is 2.05 bits per heavy atom. The van der Waals surface area contributed by atoms with Crippen LogP contribution >= 0.6 is 0 Å². The van der Waals surface area contributed by atoms with Crippen LogP contribution in [0.5, 0.6) is 0 Å². The Hall–Kier alpha value is -3.09. The molecule has 0 N–H and O–H groups in total. The Kier molecular flexibility index (Phi) is 4.13. The Morgan fingerprint density at radius 1 is 1.30 bits per heavy atom. The number of nitro groups is 1. The molecule has 0 spiro atoms. The third-order valence-corrected chi connectivity index (χ3v) is 2.34. The lowest BCUT2D eigenvalue weighted by molar-refractivity contribution is -0.384. The van der Waals surface area contributed by atoms with E-state index >= 15 is 0 Å². The van der Waals surface area contributed by atoms with Crippen LogP contribution in [0.1, 0.15) is 15.9 Å². The van der Waals surface area contributed by atoms with Gasteiger partial charge in [0.2, 0.25) is 0 Å². The minimum Gasteiger partial charge on any atom is -0.313 e. The SMILES string of the molecule is O=C(O/N=C/c1cccnc1)c1ccc([N+](=O)[O-])cc1. The molecule has 0 atom stereocenters. The third-order valence-electron chi connectivity index (χ3n) is 2.34. The van der Waals surface area contributed by atoms with E-state index in [-0.39, 0.29) is 11.3 Å². The molecule has 0 saturated carbocycles. The molecule has 1 aromatic carbocycles. The van der Waals surface area contributed by atoms with Crippen molar-refractivity contribution < 1.29 is 14.6 Å². The van der Waals surface area contributed by atoms with E-state index in [2.05, 4.69) is 15.0 Å². The number of carbonyl (C=O) groups is 1. The lowest BCUT2D eigenvalue weighted by atomic mass is 10.2. The lowest BCUT2D eigenvalue weighted by Crippen LogP contribution is -2.01. The van der Waals surface area contributed by atoms with Crippen molar-refractivity contribution in [1.82, 2.24) is 4.98 Å². The Labute approximate surface area is 113 Å². The molecule has 1 aromatic heterocycles. The number of hydrogen-bond acceptors (Lipinski definition) is 6. The third kappa shape index (κ3) is 3.45. The number of nitrogens with zero attached hydrogens (tertiary/aromatic N) is 3. The van der Waals surface area contributed by atoms with E-state index < -0.39 is 10.9 Å². The number of nitro benzene ring substituents is 1. The van der Waals surface area contributed by atoms with Crippen LogP contribution in [0.4, 0.5) is 5.69 Å². The zero-order valence-electron chi connectivity index (χ0n) is 10.2. The van der Waals surface area contributed by atoms with Gasteiger partial charge in [-0.3, -0.25) is 15.1 Å². The van der Waals surface area contributed by atoms with Crippen molar-refractivity contribution in [2.24, 2.45) is 5.16 Å². The molecule has 20 heavy (non-hydrogen) atoms. The molecule has 0 fully saturated rings. The average molecular weight is 271 g/mol. The molecule has 0 unspecified atom stereocenters. The fourth-order valence-corrected chi connectivity index (χ4v) is 1.36. The number of hydrogen-bond donors (Lipinski definition) is 0. The summed E-state index contributed by atoms with van der Waals surface area (Å²) < 4.78 is 0. The summed E-state index contributed by atoms with van der Waals surface area (Å²) in [7, 11) is 0. The zero-order valence-corrected chi connectivity index (χ0v) is 10.2. The fraction of sp³-hybridized carbons (Fsp3) is 0. The van der Waals surface area contributed by atoms with Gasteiger partial charge in [0, 0.05) is 30.1 Å². The number of pyridine rings is 1. The molecule has 0 amide bonds. The second kappa shape index (κ2) is 6.19. The zero-order chi connectivity index (χ0) is 14.4. The van der Waals surface area contributed by atoms with Gasteiger partial charge in [-0.1, -0.05) is 11.2 Å². The van der Waals surface area contributed by atoms with Crippen LogP contribution in [0.25, 0.3) is 0 Å². The molecule has 0 saturated heterocycles. The number of carbonyl (C=O) groups excluding carboxylic acids is 1. The van der Waals surface area contributed by atoms with E-state index in [1.807, 2.05) is 0 Å². The maximum absolute atomic E-state index is 11.6. The predicted molar refractivity (Wildman–Crippen MR) is 70.3 cm³/mol. The average Bonchev–Trinajstić information content (AvgIpc) is 2.48. The van der Waals surface area contributed by atoms with Gasteiger partial charge < -0.3 is 4.84 Å². The van der Waals surface area contributed by atoms with E-state index in [0.29, 0.717) is 5.56 Å². The minimum absolute atomic E-state index is 0.0968. The molecule has 0 aliphatic heterocycles. The topological polar surface area (TPSA) is 94.7 Å². The molecular formula is C13H9N3O4. The first kappa shape index (κ1) is 13.3. The van der Waals surface area contributed by atoms with Crippen molar-refractivity contribution in [3.63, 3.8) is 0 Å². The molecular weight excluding hydrogens is 262 g/mol. The van der Waals surface area contributed by atoms with E-state index in [1.165, 1.54) is 30.5 Å². The summed E-state index contributed by atoms with van der Waals surface area (Å²) in [5, 5.41) is 14.0. The molecule has 2 aromatic rings. The molecule has 0 bridgehead atoms. The number of non-ortho nitro benzene ring substituents is 1. The first-order valence-corrected chi connectivity index (χ1v) is 5.56. The summed E-state index contributed by atoms with van der Waals surface area (Å²) in [6.07, 6.45) is 4.51. The molecule has 7 heteroatoms. The molecule has 100 valence electrons. The molecule has 7 nitrogen and oxygen atoms in total. The summed E-state index contributed by atoms with van der Waals surface area (Å²) in [5.41, 5.74) is 0.767. The van der Waals surface area contributed by atoms with Crippen molar-refractivity contribution in [2.45, 2.75) is 0 Å². The number of aromatic nitrogens is 1. The van der Waals surface area contributed by atoms with Crippen LogP contribution in [0.3, 0.4) is 0 Å². The number of benzene rings is 1. The lowest BCUT2D eigenvalue weighted by Gasteiger charge is -1.97. The Morgan fingerprint density at radius 3 is 2.65 bits per heavy atom. The first-order chi connectivity index (χ1) is 9.66. The van der Waals surface area contributed by atoms with E-state index in [1.54, 1.807) is 24.5 Å². The van der Waals surface area contributed by atoms with Gasteiger partial charge in [0.25, 0.3) is 5.69 Å². The van der Waals surface area contributed by atoms with Crippen molar-refractivity contribution in [3.8, 4) is 0 Å². The number of rotatable bonds is 4.